The van der Waals surface area contributed by atoms with Gasteiger partial charge in [0.25, 0.3) is 0 Å². The van der Waals surface area contributed by atoms with Crippen molar-refractivity contribution in [3.63, 3.8) is 0 Å². The highest BCUT2D eigenvalue weighted by Crippen LogP contribution is 2.25. The molecule has 2 aromatic rings. The Morgan fingerprint density at radius 1 is 1.53 bits per heavy atom. The molecule has 2 rings (SSSR count). The minimum absolute atomic E-state index is 0.0589. The van der Waals surface area contributed by atoms with Crippen molar-refractivity contribution in [2.45, 2.75) is 6.54 Å². The molecule has 0 atom stereocenters. The summed E-state index contributed by atoms with van der Waals surface area (Å²) in [4.78, 5) is 11.6. The Kier molecular flexibility index (Phi) is 3.24. The minimum atomic E-state index is -0.266. The number of nitrogens with zero attached hydrogens (tertiary/aromatic N) is 3. The largest absolute Gasteiger partial charge is 0.506 e. The first kappa shape index (κ1) is 11.4. The van der Waals surface area contributed by atoms with Crippen molar-refractivity contribution in [1.29, 1.82) is 0 Å². The third kappa shape index (κ3) is 2.94. The summed E-state index contributed by atoms with van der Waals surface area (Å²) in [5.74, 6) is -0.345. The van der Waals surface area contributed by atoms with Crippen molar-refractivity contribution < 1.29 is 9.90 Å². The molecule has 0 aliphatic rings. The molecule has 0 bridgehead atoms. The fourth-order valence-corrected chi connectivity index (χ4v) is 1.37. The zero-order valence-electron chi connectivity index (χ0n) is 8.67. The number of rotatable bonds is 3. The van der Waals surface area contributed by atoms with Crippen molar-refractivity contribution in [1.82, 2.24) is 15.0 Å². The van der Waals surface area contributed by atoms with E-state index in [2.05, 4.69) is 15.6 Å². The third-order valence-corrected chi connectivity index (χ3v) is 2.33. The van der Waals surface area contributed by atoms with Crippen molar-refractivity contribution in [2.75, 3.05) is 5.32 Å². The van der Waals surface area contributed by atoms with Crippen LogP contribution < -0.4 is 5.32 Å². The second kappa shape index (κ2) is 4.84. The molecule has 1 aromatic heterocycles. The van der Waals surface area contributed by atoms with Crippen LogP contribution in [0.2, 0.25) is 5.02 Å². The first-order valence-electron chi connectivity index (χ1n) is 4.77. The zero-order chi connectivity index (χ0) is 12.3. The summed E-state index contributed by atoms with van der Waals surface area (Å²) in [5, 5.41) is 19.4. The van der Waals surface area contributed by atoms with Crippen molar-refractivity contribution >= 4 is 23.2 Å². The third-order valence-electron chi connectivity index (χ3n) is 2.01. The van der Waals surface area contributed by atoms with Crippen molar-refractivity contribution in [3.05, 3.63) is 35.6 Å². The molecule has 1 aromatic carbocycles. The zero-order valence-corrected chi connectivity index (χ0v) is 9.42. The van der Waals surface area contributed by atoms with Gasteiger partial charge in [-0.1, -0.05) is 16.8 Å². The van der Waals surface area contributed by atoms with Gasteiger partial charge in [-0.2, -0.15) is 0 Å². The van der Waals surface area contributed by atoms with Crippen molar-refractivity contribution in [3.8, 4) is 5.75 Å². The first-order chi connectivity index (χ1) is 8.15. The van der Waals surface area contributed by atoms with E-state index in [1.54, 1.807) is 12.3 Å². The highest BCUT2D eigenvalue weighted by molar-refractivity contribution is 6.32. The number of phenols is 1. The normalized spacial score (nSPS) is 10.2. The van der Waals surface area contributed by atoms with Gasteiger partial charge >= 0.3 is 0 Å². The number of anilines is 1. The predicted molar refractivity (Wildman–Crippen MR) is 61.8 cm³/mol. The molecule has 1 heterocycles. The van der Waals surface area contributed by atoms with Gasteiger partial charge in [-0.25, -0.2) is 4.68 Å². The van der Waals surface area contributed by atoms with Gasteiger partial charge in [-0.3, -0.25) is 4.79 Å². The molecule has 0 unspecified atom stereocenters. The van der Waals surface area contributed by atoms with Gasteiger partial charge in [0.2, 0.25) is 5.91 Å². The van der Waals surface area contributed by atoms with E-state index in [0.29, 0.717) is 5.69 Å². The highest BCUT2D eigenvalue weighted by Gasteiger charge is 2.05. The molecule has 17 heavy (non-hydrogen) atoms. The molecule has 2 N–H and O–H groups in total. The fraction of sp³-hybridized carbons (Fsp3) is 0.100. The molecule has 7 heteroatoms. The number of halogens is 1. The van der Waals surface area contributed by atoms with E-state index < -0.39 is 0 Å². The van der Waals surface area contributed by atoms with E-state index in [4.69, 9.17) is 11.6 Å². The van der Waals surface area contributed by atoms with E-state index in [1.807, 2.05) is 0 Å². The lowest BCUT2D eigenvalue weighted by atomic mass is 10.3. The van der Waals surface area contributed by atoms with Crippen LogP contribution in [0.1, 0.15) is 0 Å². The van der Waals surface area contributed by atoms with E-state index in [1.165, 1.54) is 23.0 Å². The maximum atomic E-state index is 11.6. The molecule has 0 fully saturated rings. The number of aromatic nitrogens is 3. The molecule has 0 saturated heterocycles. The molecule has 0 aliphatic heterocycles. The monoisotopic (exact) mass is 252 g/mol. The lowest BCUT2D eigenvalue weighted by Gasteiger charge is -2.06. The second-order valence-electron chi connectivity index (χ2n) is 3.32. The molecule has 0 aliphatic carbocycles. The van der Waals surface area contributed by atoms with E-state index >= 15 is 0 Å². The Morgan fingerprint density at radius 3 is 3.00 bits per heavy atom. The second-order valence-corrected chi connectivity index (χ2v) is 3.72. The summed E-state index contributed by atoms with van der Waals surface area (Å²) in [6.45, 7) is 0.0589. The van der Waals surface area contributed by atoms with Crippen LogP contribution in [0, 0.1) is 0 Å². The fourth-order valence-electron chi connectivity index (χ4n) is 1.26. The maximum absolute atomic E-state index is 11.6. The lowest BCUT2D eigenvalue weighted by Crippen LogP contribution is -2.19. The van der Waals surface area contributed by atoms with Crippen LogP contribution in [-0.4, -0.2) is 26.0 Å². The van der Waals surface area contributed by atoms with Gasteiger partial charge in [0, 0.05) is 18.0 Å². The number of benzene rings is 1. The average molecular weight is 253 g/mol. The smallest absolute Gasteiger partial charge is 0.246 e. The Morgan fingerprint density at radius 2 is 2.35 bits per heavy atom. The Hall–Kier alpha value is -2.08. The van der Waals surface area contributed by atoms with Crippen molar-refractivity contribution in [2.24, 2.45) is 0 Å². The van der Waals surface area contributed by atoms with Gasteiger partial charge in [-0.15, -0.1) is 5.10 Å². The number of aromatic hydroxyl groups is 1. The Bertz CT molecular complexity index is 527. The van der Waals surface area contributed by atoms with Crippen LogP contribution >= 0.6 is 11.6 Å². The van der Waals surface area contributed by atoms with Crippen LogP contribution in [0.3, 0.4) is 0 Å². The topological polar surface area (TPSA) is 80.0 Å². The maximum Gasteiger partial charge on any atom is 0.246 e. The van der Waals surface area contributed by atoms with Gasteiger partial charge in [0.15, 0.2) is 0 Å². The summed E-state index contributed by atoms with van der Waals surface area (Å²) in [7, 11) is 0. The summed E-state index contributed by atoms with van der Waals surface area (Å²) in [5.41, 5.74) is 0.469. The molecule has 0 saturated carbocycles. The summed E-state index contributed by atoms with van der Waals surface area (Å²) in [6, 6.07) is 4.48. The van der Waals surface area contributed by atoms with Crippen LogP contribution in [0.15, 0.2) is 30.6 Å². The summed E-state index contributed by atoms with van der Waals surface area (Å²) >= 11 is 5.65. The number of nitrogens with one attached hydrogen (secondary N) is 1. The standard InChI is InChI=1S/C10H9ClN4O2/c11-8-2-1-7(5-9(8)16)13-10(17)6-15-4-3-12-14-15/h1-5,16H,6H2,(H,13,17). The molecule has 0 spiro atoms. The summed E-state index contributed by atoms with van der Waals surface area (Å²) in [6.07, 6.45) is 3.07. The summed E-state index contributed by atoms with van der Waals surface area (Å²) < 4.78 is 1.39. The predicted octanol–water partition coefficient (Wildman–Crippen LogP) is 1.28. The SMILES string of the molecule is O=C(Cn1ccnn1)Nc1ccc(Cl)c(O)c1. The molecule has 6 nitrogen and oxygen atoms in total. The lowest BCUT2D eigenvalue weighted by molar-refractivity contribution is -0.116. The molecular weight excluding hydrogens is 244 g/mol. The average Bonchev–Trinajstić information content (AvgIpc) is 2.76. The van der Waals surface area contributed by atoms with Gasteiger partial charge in [0.05, 0.1) is 11.2 Å². The van der Waals surface area contributed by atoms with Crippen LogP contribution in [0.5, 0.6) is 5.75 Å². The van der Waals surface area contributed by atoms with E-state index in [9.17, 15) is 9.90 Å². The molecule has 1 amide bonds. The molecule has 88 valence electrons. The first-order valence-corrected chi connectivity index (χ1v) is 5.15. The van der Waals surface area contributed by atoms with Gasteiger partial charge < -0.3 is 10.4 Å². The van der Waals surface area contributed by atoms with Crippen LogP contribution in [0.4, 0.5) is 5.69 Å². The van der Waals surface area contributed by atoms with Gasteiger partial charge in [0.1, 0.15) is 12.3 Å². The number of hydrogen-bond acceptors (Lipinski definition) is 4. The number of amides is 1. The molecule has 0 radical (unpaired) electrons. The Labute approximate surface area is 102 Å². The van der Waals surface area contributed by atoms with Crippen LogP contribution in [0.25, 0.3) is 0 Å². The number of carbonyl (C=O) groups is 1. The minimum Gasteiger partial charge on any atom is -0.506 e. The van der Waals surface area contributed by atoms with E-state index in [0.717, 1.165) is 0 Å². The van der Waals surface area contributed by atoms with Gasteiger partial charge in [-0.05, 0) is 12.1 Å². The van der Waals surface area contributed by atoms with E-state index in [-0.39, 0.29) is 23.2 Å². The Balaban J connectivity index is 2.00. The number of carbonyl (C=O) groups excluding carboxylic acids is 1. The van der Waals surface area contributed by atoms with Crippen LogP contribution in [-0.2, 0) is 11.3 Å². The number of hydrogen-bond donors (Lipinski definition) is 2. The quantitative estimate of drug-likeness (QED) is 0.862. The molecular formula is C10H9ClN4O2. The number of phenolic OH excluding ortho intramolecular Hbond substituents is 1. The highest BCUT2D eigenvalue weighted by atomic mass is 35.5.